The van der Waals surface area contributed by atoms with E-state index in [1.54, 1.807) is 0 Å². The molecule has 0 nitrogen and oxygen atoms in total. The first kappa shape index (κ1) is 16.8. The summed E-state index contributed by atoms with van der Waals surface area (Å²) in [5, 5.41) is 0. The lowest BCUT2D eigenvalue weighted by molar-refractivity contribution is 0.940. The highest BCUT2D eigenvalue weighted by atomic mass is 14.3. The van der Waals surface area contributed by atoms with Crippen molar-refractivity contribution < 1.29 is 0 Å². The first-order chi connectivity index (χ1) is 12.7. The van der Waals surface area contributed by atoms with Gasteiger partial charge in [-0.1, -0.05) is 92.7 Å². The van der Waals surface area contributed by atoms with Gasteiger partial charge in [0.15, 0.2) is 0 Å². The molecule has 26 heavy (non-hydrogen) atoms. The molecule has 1 aliphatic carbocycles. The Balaban J connectivity index is 1.49. The zero-order chi connectivity index (χ0) is 17.9. The summed E-state index contributed by atoms with van der Waals surface area (Å²) in [7, 11) is 0. The number of hydrogen-bond acceptors (Lipinski definition) is 0. The molecular weight excluding hydrogens is 312 g/mol. The molecule has 130 valence electrons. The van der Waals surface area contributed by atoms with Gasteiger partial charge in [-0.15, -0.1) is 0 Å². The zero-order valence-corrected chi connectivity index (χ0v) is 15.7. The van der Waals surface area contributed by atoms with Crippen LogP contribution in [0, 0.1) is 0 Å². The van der Waals surface area contributed by atoms with Gasteiger partial charge < -0.3 is 0 Å². The van der Waals surface area contributed by atoms with Crippen molar-refractivity contribution in [2.45, 2.75) is 39.0 Å². The van der Waals surface area contributed by atoms with Crippen LogP contribution in [0.3, 0.4) is 0 Å². The number of rotatable bonds is 5. The van der Waals surface area contributed by atoms with E-state index in [1.807, 2.05) is 0 Å². The van der Waals surface area contributed by atoms with Crippen LogP contribution in [-0.2, 0) is 19.3 Å². The average molecular weight is 338 g/mol. The van der Waals surface area contributed by atoms with Crippen molar-refractivity contribution in [2.24, 2.45) is 0 Å². The van der Waals surface area contributed by atoms with Crippen molar-refractivity contribution in [3.05, 3.63) is 106 Å². The second-order valence-electron chi connectivity index (χ2n) is 7.32. The second-order valence-corrected chi connectivity index (χ2v) is 7.32. The van der Waals surface area contributed by atoms with Crippen molar-refractivity contribution in [1.82, 2.24) is 0 Å². The summed E-state index contributed by atoms with van der Waals surface area (Å²) in [5.74, 6) is 0.469. The Kier molecular flexibility index (Phi) is 4.75. The van der Waals surface area contributed by atoms with Gasteiger partial charge in [0.2, 0.25) is 0 Å². The third-order valence-corrected chi connectivity index (χ3v) is 5.64. The molecule has 0 fully saturated rings. The average Bonchev–Trinajstić information content (AvgIpc) is 3.03. The van der Waals surface area contributed by atoms with Crippen LogP contribution in [-0.4, -0.2) is 0 Å². The standard InChI is InChI=1S/C26H26/c1-3-20-9-11-21(12-10-20)13-14-22-15-16-24-18-26(19(2)25(24)17-22)23-7-5-4-6-8-23/h4-12,15-19H,3,13-14H2,1-2H3. The lowest BCUT2D eigenvalue weighted by Gasteiger charge is -2.13. The van der Waals surface area contributed by atoms with Gasteiger partial charge in [0, 0.05) is 5.92 Å². The zero-order valence-electron chi connectivity index (χ0n) is 15.7. The fourth-order valence-corrected chi connectivity index (χ4v) is 3.94. The summed E-state index contributed by atoms with van der Waals surface area (Å²) in [4.78, 5) is 0. The Hall–Kier alpha value is -2.60. The van der Waals surface area contributed by atoms with Crippen LogP contribution < -0.4 is 0 Å². The van der Waals surface area contributed by atoms with Crippen LogP contribution in [0.2, 0.25) is 0 Å². The second kappa shape index (κ2) is 7.33. The predicted molar refractivity (Wildman–Crippen MR) is 112 cm³/mol. The van der Waals surface area contributed by atoms with E-state index < -0.39 is 0 Å². The van der Waals surface area contributed by atoms with Crippen molar-refractivity contribution in [3.63, 3.8) is 0 Å². The normalized spacial score (nSPS) is 15.6. The van der Waals surface area contributed by atoms with E-state index in [1.165, 1.54) is 39.0 Å². The monoisotopic (exact) mass is 338 g/mol. The number of allylic oxidation sites excluding steroid dienone is 1. The van der Waals surface area contributed by atoms with Gasteiger partial charge >= 0.3 is 0 Å². The van der Waals surface area contributed by atoms with Crippen molar-refractivity contribution in [1.29, 1.82) is 0 Å². The first-order valence-corrected chi connectivity index (χ1v) is 9.72. The summed E-state index contributed by atoms with van der Waals surface area (Å²) >= 11 is 0. The molecule has 0 heterocycles. The molecule has 0 spiro atoms. The summed E-state index contributed by atoms with van der Waals surface area (Å²) in [6.45, 7) is 4.54. The predicted octanol–water partition coefficient (Wildman–Crippen LogP) is 6.69. The minimum Gasteiger partial charge on any atom is -0.0622 e. The van der Waals surface area contributed by atoms with Crippen molar-refractivity contribution >= 4 is 11.6 Å². The van der Waals surface area contributed by atoms with E-state index in [0.717, 1.165) is 19.3 Å². The Bertz CT molecular complexity index is 914. The van der Waals surface area contributed by atoms with Gasteiger partial charge in [0.25, 0.3) is 0 Å². The quantitative estimate of drug-likeness (QED) is 0.486. The minimum absolute atomic E-state index is 0.469. The molecule has 1 atom stereocenters. The summed E-state index contributed by atoms with van der Waals surface area (Å²) in [5.41, 5.74) is 9.92. The van der Waals surface area contributed by atoms with Gasteiger partial charge in [-0.05, 0) is 58.2 Å². The van der Waals surface area contributed by atoms with Crippen molar-refractivity contribution in [2.75, 3.05) is 0 Å². The van der Waals surface area contributed by atoms with E-state index in [0.29, 0.717) is 5.92 Å². The van der Waals surface area contributed by atoms with Gasteiger partial charge in [-0.2, -0.15) is 0 Å². The largest absolute Gasteiger partial charge is 0.0622 e. The van der Waals surface area contributed by atoms with E-state index in [2.05, 4.69) is 92.7 Å². The fraction of sp³-hybridized carbons (Fsp3) is 0.231. The molecule has 0 aliphatic heterocycles. The highest BCUT2D eigenvalue weighted by molar-refractivity contribution is 5.91. The molecule has 1 unspecified atom stereocenters. The number of hydrogen-bond donors (Lipinski definition) is 0. The van der Waals surface area contributed by atoms with Gasteiger partial charge in [-0.3, -0.25) is 0 Å². The third kappa shape index (κ3) is 3.37. The number of fused-ring (bicyclic) bond motifs is 1. The lowest BCUT2D eigenvalue weighted by Crippen LogP contribution is -1.97. The highest BCUT2D eigenvalue weighted by Gasteiger charge is 2.22. The van der Waals surface area contributed by atoms with E-state index in [4.69, 9.17) is 0 Å². The van der Waals surface area contributed by atoms with Crippen molar-refractivity contribution in [3.8, 4) is 0 Å². The molecule has 0 N–H and O–H groups in total. The van der Waals surface area contributed by atoms with Crippen LogP contribution in [0.15, 0.2) is 72.8 Å². The van der Waals surface area contributed by atoms with Gasteiger partial charge in [0.05, 0.1) is 0 Å². The summed E-state index contributed by atoms with van der Waals surface area (Å²) in [6, 6.07) is 26.9. The molecule has 1 aliphatic rings. The first-order valence-electron chi connectivity index (χ1n) is 9.72. The highest BCUT2D eigenvalue weighted by Crippen LogP contribution is 2.41. The molecule has 0 bridgehead atoms. The van der Waals surface area contributed by atoms with Crippen LogP contribution in [0.4, 0.5) is 0 Å². The Morgan fingerprint density at radius 3 is 2.12 bits per heavy atom. The van der Waals surface area contributed by atoms with Crippen LogP contribution in [0.5, 0.6) is 0 Å². The van der Waals surface area contributed by atoms with E-state index in [9.17, 15) is 0 Å². The molecule has 0 amide bonds. The SMILES string of the molecule is CCc1ccc(CCc2ccc3c(c2)C(C)C(c2ccccc2)=C3)cc1. The summed E-state index contributed by atoms with van der Waals surface area (Å²) < 4.78 is 0. The maximum Gasteiger partial charge on any atom is 0.00731 e. The number of aryl methyl sites for hydroxylation is 3. The molecule has 0 aromatic heterocycles. The molecule has 0 saturated carbocycles. The Labute approximate surface area is 157 Å². The molecule has 0 radical (unpaired) electrons. The minimum atomic E-state index is 0.469. The molecular formula is C26H26. The van der Waals surface area contributed by atoms with Crippen LogP contribution in [0.25, 0.3) is 11.6 Å². The fourth-order valence-electron chi connectivity index (χ4n) is 3.94. The van der Waals surface area contributed by atoms with Gasteiger partial charge in [0.1, 0.15) is 0 Å². The molecule has 3 aromatic carbocycles. The topological polar surface area (TPSA) is 0 Å². The summed E-state index contributed by atoms with van der Waals surface area (Å²) in [6.07, 6.45) is 5.69. The lowest BCUT2D eigenvalue weighted by atomic mass is 9.91. The maximum atomic E-state index is 2.42. The maximum absolute atomic E-state index is 2.42. The molecule has 0 saturated heterocycles. The van der Waals surface area contributed by atoms with E-state index >= 15 is 0 Å². The van der Waals surface area contributed by atoms with E-state index in [-0.39, 0.29) is 0 Å². The smallest absolute Gasteiger partial charge is 0.00731 e. The molecule has 4 rings (SSSR count). The van der Waals surface area contributed by atoms with Crippen LogP contribution >= 0.6 is 0 Å². The van der Waals surface area contributed by atoms with Gasteiger partial charge in [-0.25, -0.2) is 0 Å². The molecule has 3 aromatic rings. The third-order valence-electron chi connectivity index (χ3n) is 5.64. The van der Waals surface area contributed by atoms with Crippen LogP contribution in [0.1, 0.15) is 53.1 Å². The Morgan fingerprint density at radius 1 is 0.731 bits per heavy atom. The molecule has 0 heteroatoms. The number of benzene rings is 3. The Morgan fingerprint density at radius 2 is 1.38 bits per heavy atom.